The van der Waals surface area contributed by atoms with E-state index in [-0.39, 0.29) is 23.6 Å². The van der Waals surface area contributed by atoms with Crippen molar-refractivity contribution in [3.05, 3.63) is 84.4 Å². The fourth-order valence-corrected chi connectivity index (χ4v) is 4.87. The van der Waals surface area contributed by atoms with Gasteiger partial charge < -0.3 is 15.0 Å². The van der Waals surface area contributed by atoms with Crippen LogP contribution in [0.4, 0.5) is 11.4 Å². The Kier molecular flexibility index (Phi) is 6.57. The van der Waals surface area contributed by atoms with Crippen molar-refractivity contribution >= 4 is 35.0 Å². The van der Waals surface area contributed by atoms with Gasteiger partial charge in [-0.05, 0) is 36.8 Å². The number of fused-ring (bicyclic) bond motifs is 1. The van der Waals surface area contributed by atoms with Gasteiger partial charge in [0.2, 0.25) is 11.8 Å². The summed E-state index contributed by atoms with van der Waals surface area (Å²) in [7, 11) is 0. The molecule has 3 aromatic rings. The third-order valence-corrected chi connectivity index (χ3v) is 6.34. The Labute approximate surface area is 186 Å². The third kappa shape index (κ3) is 4.91. The molecule has 0 fully saturated rings. The summed E-state index contributed by atoms with van der Waals surface area (Å²) in [6, 6.07) is 25.1. The molecule has 158 valence electrons. The highest BCUT2D eigenvalue weighted by molar-refractivity contribution is 7.99. The highest BCUT2D eigenvalue weighted by Crippen LogP contribution is 2.45. The molecule has 2 amide bonds. The first-order valence-corrected chi connectivity index (χ1v) is 11.2. The van der Waals surface area contributed by atoms with Gasteiger partial charge in [0.05, 0.1) is 18.0 Å². The van der Waals surface area contributed by atoms with Crippen LogP contribution in [0.25, 0.3) is 0 Å². The number of hydrogen-bond acceptors (Lipinski definition) is 4. The Morgan fingerprint density at radius 3 is 2.55 bits per heavy atom. The number of ether oxygens (including phenoxy) is 1. The predicted octanol–water partition coefficient (Wildman–Crippen LogP) is 5.29. The maximum Gasteiger partial charge on any atom is 0.244 e. The topological polar surface area (TPSA) is 58.6 Å². The highest BCUT2D eigenvalue weighted by Gasteiger charge is 2.30. The summed E-state index contributed by atoms with van der Waals surface area (Å²) < 4.78 is 5.59. The number of benzene rings is 3. The zero-order valence-corrected chi connectivity index (χ0v) is 18.1. The number of carbonyl (C=O) groups excluding carboxylic acids is 2. The third-order valence-electron chi connectivity index (χ3n) is 5.02. The number of nitrogens with zero attached hydrogens (tertiary/aromatic N) is 1. The van der Waals surface area contributed by atoms with E-state index in [4.69, 9.17) is 4.74 Å². The Morgan fingerprint density at radius 1 is 1.03 bits per heavy atom. The second kappa shape index (κ2) is 9.71. The van der Waals surface area contributed by atoms with Gasteiger partial charge in [0.15, 0.2) is 0 Å². The Bertz CT molecular complexity index is 1070. The van der Waals surface area contributed by atoms with Crippen molar-refractivity contribution in [3.8, 4) is 5.75 Å². The number of amides is 2. The van der Waals surface area contributed by atoms with Crippen LogP contribution in [0.3, 0.4) is 0 Å². The molecular formula is C25H24N2O3S. The van der Waals surface area contributed by atoms with E-state index in [0.29, 0.717) is 24.5 Å². The molecule has 4 rings (SSSR count). The minimum absolute atomic E-state index is 0.00147. The molecule has 0 saturated carbocycles. The SMILES string of the molecule is CCOc1ccccc1NC(=O)CN1C(=O)C[C@H](c2ccccc2)Sc2ccccc21. The molecule has 0 radical (unpaired) electrons. The van der Waals surface area contributed by atoms with Crippen LogP contribution in [0.2, 0.25) is 0 Å². The van der Waals surface area contributed by atoms with Gasteiger partial charge in [-0.3, -0.25) is 9.59 Å². The molecule has 0 aliphatic carbocycles. The molecule has 0 saturated heterocycles. The van der Waals surface area contributed by atoms with Crippen LogP contribution in [-0.2, 0) is 9.59 Å². The molecule has 1 aliphatic heterocycles. The van der Waals surface area contributed by atoms with Crippen molar-refractivity contribution in [2.45, 2.75) is 23.5 Å². The van der Waals surface area contributed by atoms with E-state index in [9.17, 15) is 9.59 Å². The Balaban J connectivity index is 1.57. The molecule has 0 spiro atoms. The molecule has 31 heavy (non-hydrogen) atoms. The average molecular weight is 433 g/mol. The minimum Gasteiger partial charge on any atom is -0.492 e. The maximum absolute atomic E-state index is 13.2. The van der Waals surface area contributed by atoms with Crippen LogP contribution in [0.1, 0.15) is 24.2 Å². The van der Waals surface area contributed by atoms with Gasteiger partial charge in [0.25, 0.3) is 0 Å². The van der Waals surface area contributed by atoms with Gasteiger partial charge in [-0.15, -0.1) is 11.8 Å². The highest BCUT2D eigenvalue weighted by atomic mass is 32.2. The van der Waals surface area contributed by atoms with E-state index >= 15 is 0 Å². The summed E-state index contributed by atoms with van der Waals surface area (Å²) >= 11 is 1.66. The molecule has 0 bridgehead atoms. The van der Waals surface area contributed by atoms with E-state index in [0.717, 1.165) is 16.1 Å². The van der Waals surface area contributed by atoms with E-state index in [1.807, 2.05) is 79.7 Å². The first-order chi connectivity index (χ1) is 15.2. The molecule has 1 atom stereocenters. The number of thioether (sulfide) groups is 1. The van der Waals surface area contributed by atoms with Gasteiger partial charge in [-0.2, -0.15) is 0 Å². The monoisotopic (exact) mass is 432 g/mol. The van der Waals surface area contributed by atoms with Gasteiger partial charge in [0.1, 0.15) is 12.3 Å². The molecule has 1 N–H and O–H groups in total. The van der Waals surface area contributed by atoms with E-state index in [1.54, 1.807) is 22.7 Å². The lowest BCUT2D eigenvalue weighted by molar-refractivity contribution is -0.121. The summed E-state index contributed by atoms with van der Waals surface area (Å²) in [6.45, 7) is 2.34. The fourth-order valence-electron chi connectivity index (χ4n) is 3.59. The van der Waals surface area contributed by atoms with Crippen LogP contribution in [-0.4, -0.2) is 25.0 Å². The first kappa shape index (κ1) is 21.0. The van der Waals surface area contributed by atoms with Crippen LogP contribution in [0.15, 0.2) is 83.8 Å². The van der Waals surface area contributed by atoms with Crippen LogP contribution in [0, 0.1) is 0 Å². The molecule has 0 aromatic heterocycles. The Morgan fingerprint density at radius 2 is 1.74 bits per heavy atom. The van der Waals surface area contributed by atoms with Crippen molar-refractivity contribution in [2.24, 2.45) is 0 Å². The normalized spacial score (nSPS) is 15.7. The lowest BCUT2D eigenvalue weighted by Crippen LogP contribution is -2.38. The van der Waals surface area contributed by atoms with Crippen molar-refractivity contribution in [3.63, 3.8) is 0 Å². The predicted molar refractivity (Wildman–Crippen MR) is 125 cm³/mol. The number of rotatable bonds is 6. The second-order valence-electron chi connectivity index (χ2n) is 7.15. The summed E-state index contributed by atoms with van der Waals surface area (Å²) in [4.78, 5) is 28.7. The van der Waals surface area contributed by atoms with Crippen LogP contribution in [0.5, 0.6) is 5.75 Å². The van der Waals surface area contributed by atoms with Crippen molar-refractivity contribution in [2.75, 3.05) is 23.4 Å². The van der Waals surface area contributed by atoms with E-state index < -0.39 is 0 Å². The van der Waals surface area contributed by atoms with Crippen LogP contribution < -0.4 is 15.0 Å². The second-order valence-corrected chi connectivity index (χ2v) is 8.39. The van der Waals surface area contributed by atoms with Gasteiger partial charge in [-0.1, -0.05) is 54.6 Å². The fraction of sp³-hybridized carbons (Fsp3) is 0.200. The molecule has 1 heterocycles. The molecule has 1 aliphatic rings. The first-order valence-electron chi connectivity index (χ1n) is 10.3. The lowest BCUT2D eigenvalue weighted by atomic mass is 10.1. The van der Waals surface area contributed by atoms with Gasteiger partial charge in [0, 0.05) is 16.6 Å². The van der Waals surface area contributed by atoms with Crippen molar-refractivity contribution in [1.82, 2.24) is 0 Å². The minimum atomic E-state index is -0.265. The zero-order chi connectivity index (χ0) is 21.6. The zero-order valence-electron chi connectivity index (χ0n) is 17.3. The standard InChI is InChI=1S/C25H24N2O3S/c1-2-30-21-14-8-6-12-19(21)26-24(28)17-27-20-13-7-9-15-22(20)31-23(16-25(27)29)18-10-4-3-5-11-18/h3-15,23H,2,16-17H2,1H3,(H,26,28)/t23-/m1/s1. The quantitative estimate of drug-likeness (QED) is 0.575. The largest absolute Gasteiger partial charge is 0.492 e. The molecule has 0 unspecified atom stereocenters. The summed E-state index contributed by atoms with van der Waals surface area (Å²) in [6.07, 6.45) is 0.326. The average Bonchev–Trinajstić information content (AvgIpc) is 2.92. The number of hydrogen-bond donors (Lipinski definition) is 1. The number of carbonyl (C=O) groups is 2. The van der Waals surface area contributed by atoms with Gasteiger partial charge >= 0.3 is 0 Å². The molecule has 6 heteroatoms. The van der Waals surface area contributed by atoms with Crippen molar-refractivity contribution in [1.29, 1.82) is 0 Å². The Hall–Kier alpha value is -3.25. The maximum atomic E-state index is 13.2. The van der Waals surface area contributed by atoms with Crippen molar-refractivity contribution < 1.29 is 14.3 Å². The molecule has 3 aromatic carbocycles. The summed E-state index contributed by atoms with van der Waals surface area (Å²) in [5, 5.41) is 2.89. The van der Waals surface area contributed by atoms with Gasteiger partial charge in [-0.25, -0.2) is 0 Å². The lowest BCUT2D eigenvalue weighted by Gasteiger charge is -2.22. The van der Waals surface area contributed by atoms with Crippen LogP contribution >= 0.6 is 11.8 Å². The molecular weight excluding hydrogens is 408 g/mol. The smallest absolute Gasteiger partial charge is 0.244 e. The van der Waals surface area contributed by atoms with E-state index in [1.165, 1.54) is 0 Å². The summed E-state index contributed by atoms with van der Waals surface area (Å²) in [5.74, 6) is 0.277. The number of anilines is 2. The molecule has 5 nitrogen and oxygen atoms in total. The summed E-state index contributed by atoms with van der Waals surface area (Å²) in [5.41, 5.74) is 2.47. The number of para-hydroxylation sites is 3. The van der Waals surface area contributed by atoms with E-state index in [2.05, 4.69) is 5.32 Å². The number of nitrogens with one attached hydrogen (secondary N) is 1.